The highest BCUT2D eigenvalue weighted by Gasteiger charge is 2.16. The van der Waals surface area contributed by atoms with Crippen molar-refractivity contribution in [3.63, 3.8) is 0 Å². The van der Waals surface area contributed by atoms with Crippen LogP contribution in [0.1, 0.15) is 9.67 Å². The number of anilines is 1. The molecule has 0 fully saturated rings. The molecule has 110 valence electrons. The number of carbonyl (C=O) groups is 2. The molecule has 0 atom stereocenters. The van der Waals surface area contributed by atoms with Gasteiger partial charge in [-0.2, -0.15) is 0 Å². The molecule has 0 saturated carbocycles. The van der Waals surface area contributed by atoms with Crippen molar-refractivity contribution in [2.45, 2.75) is 0 Å². The van der Waals surface area contributed by atoms with Gasteiger partial charge in [0, 0.05) is 12.7 Å². The highest BCUT2D eigenvalue weighted by atomic mass is 35.5. The summed E-state index contributed by atoms with van der Waals surface area (Å²) in [6.45, 7) is -0.134. The highest BCUT2D eigenvalue weighted by Crippen LogP contribution is 2.22. The Morgan fingerprint density at radius 3 is 2.71 bits per heavy atom. The van der Waals surface area contributed by atoms with E-state index in [4.69, 9.17) is 11.6 Å². The van der Waals surface area contributed by atoms with Crippen LogP contribution in [0.3, 0.4) is 0 Å². The number of hydrogen-bond acceptors (Lipinski definition) is 3. The maximum Gasteiger partial charge on any atom is 0.264 e. The summed E-state index contributed by atoms with van der Waals surface area (Å²) in [5.41, 5.74) is 0.347. The van der Waals surface area contributed by atoms with Crippen molar-refractivity contribution in [1.29, 1.82) is 0 Å². The number of benzene rings is 1. The SMILES string of the molecule is CN(CC(=O)Nc1cccc(F)c1)C(=O)c1ccc(Cl)s1. The first-order chi connectivity index (χ1) is 9.95. The summed E-state index contributed by atoms with van der Waals surface area (Å²) in [6, 6.07) is 8.79. The van der Waals surface area contributed by atoms with E-state index in [1.54, 1.807) is 18.2 Å². The fourth-order valence-corrected chi connectivity index (χ4v) is 2.71. The van der Waals surface area contributed by atoms with Crippen LogP contribution >= 0.6 is 22.9 Å². The van der Waals surface area contributed by atoms with Gasteiger partial charge in [-0.05, 0) is 30.3 Å². The summed E-state index contributed by atoms with van der Waals surface area (Å²) in [4.78, 5) is 25.6. The molecule has 21 heavy (non-hydrogen) atoms. The summed E-state index contributed by atoms with van der Waals surface area (Å²) in [5.74, 6) is -1.13. The number of hydrogen-bond donors (Lipinski definition) is 1. The summed E-state index contributed by atoms with van der Waals surface area (Å²) in [6.07, 6.45) is 0. The lowest BCUT2D eigenvalue weighted by molar-refractivity contribution is -0.116. The van der Waals surface area contributed by atoms with E-state index in [2.05, 4.69) is 5.32 Å². The standard InChI is InChI=1S/C14H12ClFN2O2S/c1-18(14(20)11-5-6-12(15)21-11)8-13(19)17-10-4-2-3-9(16)7-10/h2-7H,8H2,1H3,(H,17,19). The largest absolute Gasteiger partial charge is 0.332 e. The van der Waals surface area contributed by atoms with Gasteiger partial charge in [0.2, 0.25) is 5.91 Å². The van der Waals surface area contributed by atoms with Crippen molar-refractivity contribution in [3.05, 3.63) is 51.4 Å². The van der Waals surface area contributed by atoms with Crippen LogP contribution in [-0.4, -0.2) is 30.3 Å². The second-order valence-corrected chi connectivity index (χ2v) is 6.04. The molecule has 1 N–H and O–H groups in total. The van der Waals surface area contributed by atoms with E-state index in [0.29, 0.717) is 14.9 Å². The van der Waals surface area contributed by atoms with E-state index in [0.717, 1.165) is 11.3 Å². The number of nitrogens with zero attached hydrogens (tertiary/aromatic N) is 1. The van der Waals surface area contributed by atoms with Crippen molar-refractivity contribution in [3.8, 4) is 0 Å². The van der Waals surface area contributed by atoms with Gasteiger partial charge < -0.3 is 10.2 Å². The minimum Gasteiger partial charge on any atom is -0.332 e. The Morgan fingerprint density at radius 1 is 1.33 bits per heavy atom. The molecule has 2 amide bonds. The fourth-order valence-electron chi connectivity index (χ4n) is 1.67. The minimum atomic E-state index is -0.439. The van der Waals surface area contributed by atoms with Crippen LogP contribution in [0.5, 0.6) is 0 Å². The molecule has 0 saturated heterocycles. The van der Waals surface area contributed by atoms with E-state index in [1.165, 1.54) is 30.1 Å². The molecule has 0 bridgehead atoms. The fraction of sp³-hybridized carbons (Fsp3) is 0.143. The molecule has 0 unspecified atom stereocenters. The van der Waals surface area contributed by atoms with Crippen molar-refractivity contribution < 1.29 is 14.0 Å². The minimum absolute atomic E-state index is 0.134. The monoisotopic (exact) mass is 326 g/mol. The first-order valence-electron chi connectivity index (χ1n) is 6.02. The van der Waals surface area contributed by atoms with Gasteiger partial charge in [-0.15, -0.1) is 11.3 Å². The van der Waals surface area contributed by atoms with Crippen LogP contribution in [-0.2, 0) is 4.79 Å². The first-order valence-corrected chi connectivity index (χ1v) is 7.21. The van der Waals surface area contributed by atoms with Gasteiger partial charge >= 0.3 is 0 Å². The van der Waals surface area contributed by atoms with Gasteiger partial charge in [0.1, 0.15) is 5.82 Å². The van der Waals surface area contributed by atoms with Gasteiger partial charge in [0.25, 0.3) is 5.91 Å². The third kappa shape index (κ3) is 4.27. The van der Waals surface area contributed by atoms with E-state index in [1.807, 2.05) is 0 Å². The Bertz CT molecular complexity index is 674. The van der Waals surface area contributed by atoms with Gasteiger partial charge in [0.15, 0.2) is 0 Å². The summed E-state index contributed by atoms with van der Waals surface area (Å²) >= 11 is 6.92. The maximum absolute atomic E-state index is 13.0. The molecular weight excluding hydrogens is 315 g/mol. The van der Waals surface area contributed by atoms with Crippen LogP contribution in [0.15, 0.2) is 36.4 Å². The molecule has 2 aromatic rings. The van der Waals surface area contributed by atoms with Crippen LogP contribution in [0, 0.1) is 5.82 Å². The quantitative estimate of drug-likeness (QED) is 0.937. The molecular formula is C14H12ClFN2O2S. The molecule has 0 aliphatic rings. The lowest BCUT2D eigenvalue weighted by atomic mass is 10.3. The van der Waals surface area contributed by atoms with E-state index in [9.17, 15) is 14.0 Å². The van der Waals surface area contributed by atoms with Crippen molar-refractivity contribution >= 4 is 40.4 Å². The Kier molecular flexibility index (Phi) is 4.93. The number of halogens is 2. The number of nitrogens with one attached hydrogen (secondary N) is 1. The van der Waals surface area contributed by atoms with Crippen LogP contribution < -0.4 is 5.32 Å². The molecule has 1 aromatic heterocycles. The van der Waals surface area contributed by atoms with Crippen LogP contribution in [0.2, 0.25) is 4.34 Å². The van der Waals surface area contributed by atoms with E-state index >= 15 is 0 Å². The van der Waals surface area contributed by atoms with Crippen molar-refractivity contribution in [2.24, 2.45) is 0 Å². The molecule has 4 nitrogen and oxygen atoms in total. The Balaban J connectivity index is 1.94. The molecule has 0 radical (unpaired) electrons. The third-order valence-corrected chi connectivity index (χ3v) is 3.84. The predicted molar refractivity (Wildman–Crippen MR) is 81.3 cm³/mol. The molecule has 0 aliphatic carbocycles. The van der Waals surface area contributed by atoms with Crippen molar-refractivity contribution in [1.82, 2.24) is 4.90 Å². The topological polar surface area (TPSA) is 49.4 Å². The normalized spacial score (nSPS) is 10.2. The molecule has 2 rings (SSSR count). The van der Waals surface area contributed by atoms with Gasteiger partial charge in [-0.3, -0.25) is 9.59 Å². The Labute approximate surface area is 130 Å². The molecule has 0 spiro atoms. The number of likely N-dealkylation sites (N-methyl/N-ethyl adjacent to an activating group) is 1. The van der Waals surface area contributed by atoms with Crippen molar-refractivity contribution in [2.75, 3.05) is 18.9 Å². The number of rotatable bonds is 4. The number of amides is 2. The second-order valence-electron chi connectivity index (χ2n) is 4.32. The zero-order valence-corrected chi connectivity index (χ0v) is 12.7. The number of carbonyl (C=O) groups excluding carboxylic acids is 2. The highest BCUT2D eigenvalue weighted by molar-refractivity contribution is 7.17. The Hall–Kier alpha value is -1.92. The van der Waals surface area contributed by atoms with Gasteiger partial charge in [-0.25, -0.2) is 4.39 Å². The van der Waals surface area contributed by atoms with Gasteiger partial charge in [0.05, 0.1) is 15.8 Å². The lowest BCUT2D eigenvalue weighted by Crippen LogP contribution is -2.34. The summed E-state index contributed by atoms with van der Waals surface area (Å²) < 4.78 is 13.5. The summed E-state index contributed by atoms with van der Waals surface area (Å²) in [7, 11) is 1.51. The molecule has 1 heterocycles. The molecule has 1 aromatic carbocycles. The third-order valence-electron chi connectivity index (χ3n) is 2.62. The first kappa shape index (κ1) is 15.5. The van der Waals surface area contributed by atoms with Gasteiger partial charge in [-0.1, -0.05) is 17.7 Å². The average Bonchev–Trinajstić information content (AvgIpc) is 2.84. The zero-order valence-electron chi connectivity index (χ0n) is 11.1. The zero-order chi connectivity index (χ0) is 15.4. The predicted octanol–water partition coefficient (Wildman–Crippen LogP) is 3.25. The maximum atomic E-state index is 13.0. The molecule has 0 aliphatic heterocycles. The van der Waals surface area contributed by atoms with E-state index < -0.39 is 11.7 Å². The van der Waals surface area contributed by atoms with Crippen LogP contribution in [0.4, 0.5) is 10.1 Å². The lowest BCUT2D eigenvalue weighted by Gasteiger charge is -2.15. The smallest absolute Gasteiger partial charge is 0.264 e. The van der Waals surface area contributed by atoms with E-state index in [-0.39, 0.29) is 12.5 Å². The summed E-state index contributed by atoms with van der Waals surface area (Å²) in [5, 5.41) is 2.53. The molecule has 7 heteroatoms. The van der Waals surface area contributed by atoms with Crippen LogP contribution in [0.25, 0.3) is 0 Å². The Morgan fingerprint density at radius 2 is 2.10 bits per heavy atom. The average molecular weight is 327 g/mol. The second kappa shape index (κ2) is 6.69. The number of thiophene rings is 1.